The molecule has 0 N–H and O–H groups in total. The second-order valence-electron chi connectivity index (χ2n) is 3.45. The van der Waals surface area contributed by atoms with Crippen molar-refractivity contribution in [1.29, 1.82) is 0 Å². The third-order valence-corrected chi connectivity index (χ3v) is 3.33. The molecule has 0 aliphatic heterocycles. The molecule has 0 atom stereocenters. The lowest BCUT2D eigenvalue weighted by molar-refractivity contribution is 0.0993. The van der Waals surface area contributed by atoms with Crippen LogP contribution in [0.4, 0.5) is 0 Å². The Morgan fingerprint density at radius 3 is 2.93 bits per heavy atom. The van der Waals surface area contributed by atoms with E-state index in [1.165, 1.54) is 0 Å². The van der Waals surface area contributed by atoms with Gasteiger partial charge in [0.05, 0.1) is 11.8 Å². The highest BCUT2D eigenvalue weighted by atomic mass is 32.1. The predicted molar refractivity (Wildman–Crippen MR) is 60.3 cm³/mol. The van der Waals surface area contributed by atoms with Crippen molar-refractivity contribution in [3.8, 4) is 0 Å². The van der Waals surface area contributed by atoms with Crippen LogP contribution in [0.5, 0.6) is 0 Å². The van der Waals surface area contributed by atoms with Crippen LogP contribution in [-0.2, 0) is 13.5 Å². The largest absolute Gasteiger partial charge is 0.294 e. The number of carbonyl (C=O) groups excluding carboxylic acids is 1. The summed E-state index contributed by atoms with van der Waals surface area (Å²) < 4.78 is 1.72. The minimum Gasteiger partial charge on any atom is -0.294 e. The van der Waals surface area contributed by atoms with Crippen LogP contribution in [-0.4, -0.2) is 15.6 Å². The van der Waals surface area contributed by atoms with Crippen molar-refractivity contribution in [2.75, 3.05) is 0 Å². The SMILES string of the molecule is Cc1c(C(=O)Cc2cccs2)cnn1C. The van der Waals surface area contributed by atoms with E-state index in [0.29, 0.717) is 6.42 Å². The molecule has 0 amide bonds. The van der Waals surface area contributed by atoms with Gasteiger partial charge in [-0.05, 0) is 18.4 Å². The summed E-state index contributed by atoms with van der Waals surface area (Å²) in [5.74, 6) is 0.142. The number of ketones is 1. The van der Waals surface area contributed by atoms with E-state index in [1.807, 2.05) is 31.5 Å². The first-order valence-corrected chi connectivity index (χ1v) is 5.60. The Morgan fingerprint density at radius 1 is 1.60 bits per heavy atom. The highest BCUT2D eigenvalue weighted by molar-refractivity contribution is 7.10. The number of nitrogens with zero attached hydrogens (tertiary/aromatic N) is 2. The van der Waals surface area contributed by atoms with Crippen molar-refractivity contribution in [2.45, 2.75) is 13.3 Å². The fourth-order valence-electron chi connectivity index (χ4n) is 1.44. The second-order valence-corrected chi connectivity index (χ2v) is 4.48. The summed E-state index contributed by atoms with van der Waals surface area (Å²) in [5.41, 5.74) is 1.66. The van der Waals surface area contributed by atoms with Crippen molar-refractivity contribution in [3.05, 3.63) is 39.8 Å². The van der Waals surface area contributed by atoms with E-state index in [-0.39, 0.29) is 5.78 Å². The Kier molecular flexibility index (Phi) is 2.68. The first kappa shape index (κ1) is 10.1. The topological polar surface area (TPSA) is 34.9 Å². The molecule has 0 spiro atoms. The summed E-state index contributed by atoms with van der Waals surface area (Å²) in [4.78, 5) is 13.0. The maximum absolute atomic E-state index is 11.9. The van der Waals surface area contributed by atoms with Crippen molar-refractivity contribution >= 4 is 17.1 Å². The molecule has 0 aliphatic carbocycles. The van der Waals surface area contributed by atoms with Crippen LogP contribution in [0.3, 0.4) is 0 Å². The average molecular weight is 220 g/mol. The predicted octanol–water partition coefficient (Wildman–Crippen LogP) is 2.22. The number of thiophene rings is 1. The van der Waals surface area contributed by atoms with Gasteiger partial charge in [-0.15, -0.1) is 11.3 Å². The molecule has 0 unspecified atom stereocenters. The van der Waals surface area contributed by atoms with Gasteiger partial charge in [0.25, 0.3) is 0 Å². The molecule has 3 nitrogen and oxygen atoms in total. The van der Waals surface area contributed by atoms with Crippen LogP contribution >= 0.6 is 11.3 Å². The van der Waals surface area contributed by atoms with Gasteiger partial charge in [0.2, 0.25) is 0 Å². The van der Waals surface area contributed by atoms with E-state index >= 15 is 0 Å². The zero-order valence-corrected chi connectivity index (χ0v) is 9.54. The first-order chi connectivity index (χ1) is 7.18. The average Bonchev–Trinajstić information content (AvgIpc) is 2.79. The standard InChI is InChI=1S/C11H12N2OS/c1-8-10(7-12-13(8)2)11(14)6-9-4-3-5-15-9/h3-5,7H,6H2,1-2H3. The van der Waals surface area contributed by atoms with Crippen molar-refractivity contribution in [3.63, 3.8) is 0 Å². The Morgan fingerprint density at radius 2 is 2.40 bits per heavy atom. The lowest BCUT2D eigenvalue weighted by Gasteiger charge is -1.98. The van der Waals surface area contributed by atoms with Gasteiger partial charge in [0.1, 0.15) is 0 Å². The van der Waals surface area contributed by atoms with Crippen LogP contribution in [0.15, 0.2) is 23.7 Å². The number of hydrogen-bond donors (Lipinski definition) is 0. The van der Waals surface area contributed by atoms with Gasteiger partial charge < -0.3 is 0 Å². The van der Waals surface area contributed by atoms with E-state index in [0.717, 1.165) is 16.1 Å². The summed E-state index contributed by atoms with van der Waals surface area (Å²) in [7, 11) is 1.84. The number of carbonyl (C=O) groups is 1. The molecule has 2 aromatic heterocycles. The first-order valence-electron chi connectivity index (χ1n) is 4.72. The highest BCUT2D eigenvalue weighted by Gasteiger charge is 2.13. The quantitative estimate of drug-likeness (QED) is 0.743. The summed E-state index contributed by atoms with van der Waals surface area (Å²) in [6, 6.07) is 3.94. The van der Waals surface area contributed by atoms with Gasteiger partial charge in [-0.25, -0.2) is 0 Å². The van der Waals surface area contributed by atoms with Crippen molar-refractivity contribution in [2.24, 2.45) is 7.05 Å². The Hall–Kier alpha value is -1.42. The second kappa shape index (κ2) is 3.98. The van der Waals surface area contributed by atoms with Crippen LogP contribution < -0.4 is 0 Å². The molecule has 2 aromatic rings. The molecule has 2 heterocycles. The van der Waals surface area contributed by atoms with E-state index in [4.69, 9.17) is 0 Å². The van der Waals surface area contributed by atoms with Gasteiger partial charge in [-0.1, -0.05) is 6.07 Å². The zero-order valence-electron chi connectivity index (χ0n) is 8.73. The minimum atomic E-state index is 0.142. The summed E-state index contributed by atoms with van der Waals surface area (Å²) in [6.07, 6.45) is 2.12. The van der Waals surface area contributed by atoms with Gasteiger partial charge in [-0.3, -0.25) is 9.48 Å². The Balaban J connectivity index is 2.19. The molecule has 0 saturated heterocycles. The van der Waals surface area contributed by atoms with Crippen LogP contribution in [0.1, 0.15) is 20.9 Å². The maximum atomic E-state index is 11.9. The minimum absolute atomic E-state index is 0.142. The van der Waals surface area contributed by atoms with Gasteiger partial charge in [-0.2, -0.15) is 5.10 Å². The lowest BCUT2D eigenvalue weighted by Crippen LogP contribution is -2.04. The fraction of sp³-hybridized carbons (Fsp3) is 0.273. The summed E-state index contributed by atoms with van der Waals surface area (Å²) >= 11 is 1.61. The summed E-state index contributed by atoms with van der Waals surface area (Å²) in [6.45, 7) is 1.91. The highest BCUT2D eigenvalue weighted by Crippen LogP contribution is 2.14. The van der Waals surface area contributed by atoms with E-state index < -0.39 is 0 Å². The molecule has 0 fully saturated rings. The van der Waals surface area contributed by atoms with Crippen LogP contribution in [0.25, 0.3) is 0 Å². The molecule has 0 bridgehead atoms. The number of aryl methyl sites for hydroxylation is 1. The van der Waals surface area contributed by atoms with Gasteiger partial charge in [0, 0.05) is 24.0 Å². The maximum Gasteiger partial charge on any atom is 0.171 e. The molecule has 78 valence electrons. The van der Waals surface area contributed by atoms with Crippen molar-refractivity contribution < 1.29 is 4.79 Å². The van der Waals surface area contributed by atoms with Gasteiger partial charge >= 0.3 is 0 Å². The molecule has 0 aliphatic rings. The molecular formula is C11H12N2OS. The normalized spacial score (nSPS) is 10.5. The monoisotopic (exact) mass is 220 g/mol. The molecule has 4 heteroatoms. The molecular weight excluding hydrogens is 208 g/mol. The molecule has 0 radical (unpaired) electrons. The van der Waals surface area contributed by atoms with E-state index in [1.54, 1.807) is 22.2 Å². The smallest absolute Gasteiger partial charge is 0.171 e. The van der Waals surface area contributed by atoms with Crippen molar-refractivity contribution in [1.82, 2.24) is 9.78 Å². The zero-order chi connectivity index (χ0) is 10.8. The molecule has 0 saturated carbocycles. The molecule has 0 aromatic carbocycles. The van der Waals surface area contributed by atoms with Crippen LogP contribution in [0, 0.1) is 6.92 Å². The number of aromatic nitrogens is 2. The Bertz CT molecular complexity index is 471. The number of rotatable bonds is 3. The van der Waals surface area contributed by atoms with E-state index in [2.05, 4.69) is 5.10 Å². The molecule has 15 heavy (non-hydrogen) atoms. The molecule has 2 rings (SSSR count). The summed E-state index contributed by atoms with van der Waals surface area (Å²) in [5, 5.41) is 6.05. The van der Waals surface area contributed by atoms with Crippen LogP contribution in [0.2, 0.25) is 0 Å². The third-order valence-electron chi connectivity index (χ3n) is 2.45. The van der Waals surface area contributed by atoms with E-state index in [9.17, 15) is 4.79 Å². The fourth-order valence-corrected chi connectivity index (χ4v) is 2.14. The Labute approximate surface area is 92.4 Å². The van der Waals surface area contributed by atoms with Gasteiger partial charge in [0.15, 0.2) is 5.78 Å². The third kappa shape index (κ3) is 1.99. The number of Topliss-reactive ketones (excluding diaryl/α,β-unsaturated/α-hetero) is 1. The lowest BCUT2D eigenvalue weighted by atomic mass is 10.1. The number of hydrogen-bond acceptors (Lipinski definition) is 3.